The van der Waals surface area contributed by atoms with Crippen LogP contribution in [0.25, 0.3) is 6.08 Å². The van der Waals surface area contributed by atoms with E-state index in [2.05, 4.69) is 0 Å². The summed E-state index contributed by atoms with van der Waals surface area (Å²) in [6.45, 7) is 3.26. The van der Waals surface area contributed by atoms with Gasteiger partial charge in [0, 0.05) is 13.1 Å². The molecule has 1 aromatic rings. The first-order chi connectivity index (χ1) is 11.0. The van der Waals surface area contributed by atoms with Gasteiger partial charge in [-0.1, -0.05) is 29.8 Å². The van der Waals surface area contributed by atoms with E-state index in [1.54, 1.807) is 11.0 Å². The van der Waals surface area contributed by atoms with E-state index >= 15 is 0 Å². The van der Waals surface area contributed by atoms with E-state index < -0.39 is 0 Å². The number of aryl methyl sites for hydroxylation is 1. The third-order valence-electron chi connectivity index (χ3n) is 4.00. The van der Waals surface area contributed by atoms with E-state index in [0.29, 0.717) is 18.0 Å². The fourth-order valence-electron chi connectivity index (χ4n) is 2.65. The van der Waals surface area contributed by atoms with Crippen LogP contribution >= 0.6 is 11.8 Å². The van der Waals surface area contributed by atoms with Crippen molar-refractivity contribution in [1.82, 2.24) is 9.80 Å². The Balaban J connectivity index is 1.71. The summed E-state index contributed by atoms with van der Waals surface area (Å²) in [5.41, 5.74) is 2.00. The summed E-state index contributed by atoms with van der Waals surface area (Å²) < 4.78 is 0. The van der Waals surface area contributed by atoms with Gasteiger partial charge < -0.3 is 4.90 Å². The molecule has 0 N–H and O–H groups in total. The molecule has 0 aliphatic carbocycles. The molecule has 0 spiro atoms. The molecule has 5 nitrogen and oxygen atoms in total. The van der Waals surface area contributed by atoms with Gasteiger partial charge in [-0.2, -0.15) is 0 Å². The summed E-state index contributed by atoms with van der Waals surface area (Å²) in [5, 5.41) is -0.374. The van der Waals surface area contributed by atoms with Gasteiger partial charge in [0.05, 0.1) is 4.91 Å². The molecule has 0 saturated carbocycles. The summed E-state index contributed by atoms with van der Waals surface area (Å²) in [6, 6.07) is 7.71. The zero-order valence-electron chi connectivity index (χ0n) is 12.9. The van der Waals surface area contributed by atoms with Gasteiger partial charge in [0.1, 0.15) is 6.54 Å². The topological polar surface area (TPSA) is 57.7 Å². The van der Waals surface area contributed by atoms with Gasteiger partial charge in [0.15, 0.2) is 0 Å². The number of likely N-dealkylation sites (tertiary alicyclic amines) is 1. The SMILES string of the molecule is Cc1ccc(/C=C2/SC(=O)N(CC(=O)N3CCCC3)C2=O)cc1. The Morgan fingerprint density at radius 2 is 1.83 bits per heavy atom. The highest BCUT2D eigenvalue weighted by Gasteiger charge is 2.37. The second-order valence-corrected chi connectivity index (χ2v) is 6.76. The van der Waals surface area contributed by atoms with Crippen molar-refractivity contribution < 1.29 is 14.4 Å². The largest absolute Gasteiger partial charge is 0.341 e. The standard InChI is InChI=1S/C17H18N2O3S/c1-12-4-6-13(7-5-12)10-14-16(21)19(17(22)23-14)11-15(20)18-8-2-3-9-18/h4-7,10H,2-3,8-9,11H2,1H3/b14-10+. The molecular weight excluding hydrogens is 312 g/mol. The molecule has 2 fully saturated rings. The summed E-state index contributed by atoms with van der Waals surface area (Å²) in [6.07, 6.45) is 3.67. The quantitative estimate of drug-likeness (QED) is 0.800. The van der Waals surface area contributed by atoms with E-state index in [-0.39, 0.29) is 23.6 Å². The van der Waals surface area contributed by atoms with E-state index in [1.165, 1.54) is 0 Å². The molecule has 2 saturated heterocycles. The molecule has 2 aliphatic rings. The van der Waals surface area contributed by atoms with Crippen LogP contribution in [0.15, 0.2) is 29.2 Å². The minimum atomic E-state index is -0.381. The summed E-state index contributed by atoms with van der Waals surface area (Å²) in [7, 11) is 0. The van der Waals surface area contributed by atoms with Gasteiger partial charge in [-0.25, -0.2) is 0 Å². The first-order valence-electron chi connectivity index (χ1n) is 7.64. The minimum absolute atomic E-state index is 0.151. The number of thioether (sulfide) groups is 1. The van der Waals surface area contributed by atoms with Crippen LogP contribution in [0.4, 0.5) is 4.79 Å². The summed E-state index contributed by atoms with van der Waals surface area (Å²) >= 11 is 0.893. The van der Waals surface area contributed by atoms with E-state index in [1.807, 2.05) is 31.2 Å². The molecule has 120 valence electrons. The maximum Gasteiger partial charge on any atom is 0.294 e. The Kier molecular flexibility index (Phi) is 4.52. The molecular formula is C17H18N2O3S. The Hall–Kier alpha value is -2.08. The maximum absolute atomic E-state index is 12.4. The lowest BCUT2D eigenvalue weighted by Crippen LogP contribution is -2.40. The first kappa shape index (κ1) is 15.8. The molecule has 0 radical (unpaired) electrons. The van der Waals surface area contributed by atoms with Crippen LogP contribution in [0.2, 0.25) is 0 Å². The number of benzene rings is 1. The Morgan fingerprint density at radius 1 is 1.17 bits per heavy atom. The molecule has 2 heterocycles. The van der Waals surface area contributed by atoms with Crippen molar-refractivity contribution in [2.75, 3.05) is 19.6 Å². The van der Waals surface area contributed by atoms with Crippen LogP contribution in [0.3, 0.4) is 0 Å². The Bertz CT molecular complexity index is 676. The third-order valence-corrected chi connectivity index (χ3v) is 4.91. The normalized spacial score (nSPS) is 20.0. The van der Waals surface area contributed by atoms with E-state index in [4.69, 9.17) is 0 Å². The highest BCUT2D eigenvalue weighted by atomic mass is 32.2. The Morgan fingerprint density at radius 3 is 2.48 bits per heavy atom. The van der Waals surface area contributed by atoms with Crippen molar-refractivity contribution in [2.45, 2.75) is 19.8 Å². The van der Waals surface area contributed by atoms with Crippen LogP contribution < -0.4 is 0 Å². The van der Waals surface area contributed by atoms with E-state index in [0.717, 1.165) is 40.6 Å². The molecule has 0 bridgehead atoms. The molecule has 1 aromatic carbocycles. The molecule has 3 amide bonds. The van der Waals surface area contributed by atoms with Crippen molar-refractivity contribution in [2.24, 2.45) is 0 Å². The predicted octanol–water partition coefficient (Wildman–Crippen LogP) is 2.65. The monoisotopic (exact) mass is 330 g/mol. The zero-order valence-corrected chi connectivity index (χ0v) is 13.8. The third kappa shape index (κ3) is 3.47. The van der Waals surface area contributed by atoms with Crippen molar-refractivity contribution in [3.63, 3.8) is 0 Å². The Labute approximate surface area is 139 Å². The molecule has 0 atom stereocenters. The number of imide groups is 1. The molecule has 0 unspecified atom stereocenters. The number of carbonyl (C=O) groups is 3. The van der Waals surface area contributed by atoms with Crippen LogP contribution in [0, 0.1) is 6.92 Å². The average molecular weight is 330 g/mol. The minimum Gasteiger partial charge on any atom is -0.341 e. The number of hydrogen-bond acceptors (Lipinski definition) is 4. The van der Waals surface area contributed by atoms with Gasteiger partial charge in [-0.15, -0.1) is 0 Å². The smallest absolute Gasteiger partial charge is 0.294 e. The fourth-order valence-corrected chi connectivity index (χ4v) is 3.49. The van der Waals surface area contributed by atoms with Gasteiger partial charge in [0.2, 0.25) is 5.91 Å². The lowest BCUT2D eigenvalue weighted by molar-refractivity contribution is -0.135. The molecule has 0 aromatic heterocycles. The summed E-state index contributed by atoms with van der Waals surface area (Å²) in [4.78, 5) is 39.7. The molecule has 3 rings (SSSR count). The van der Waals surface area contributed by atoms with Gasteiger partial charge in [0.25, 0.3) is 11.1 Å². The van der Waals surface area contributed by atoms with Gasteiger partial charge in [-0.3, -0.25) is 19.3 Å². The highest BCUT2D eigenvalue weighted by Crippen LogP contribution is 2.32. The van der Waals surface area contributed by atoms with Crippen molar-refractivity contribution >= 4 is 34.9 Å². The summed E-state index contributed by atoms with van der Waals surface area (Å²) in [5.74, 6) is -0.533. The number of hydrogen-bond donors (Lipinski definition) is 0. The predicted molar refractivity (Wildman–Crippen MR) is 89.7 cm³/mol. The lowest BCUT2D eigenvalue weighted by Gasteiger charge is -2.18. The zero-order chi connectivity index (χ0) is 16.4. The highest BCUT2D eigenvalue weighted by molar-refractivity contribution is 8.18. The molecule has 6 heteroatoms. The van der Waals surface area contributed by atoms with Crippen molar-refractivity contribution in [3.8, 4) is 0 Å². The average Bonchev–Trinajstić information content (AvgIpc) is 3.14. The lowest BCUT2D eigenvalue weighted by atomic mass is 10.1. The van der Waals surface area contributed by atoms with Crippen LogP contribution in [0.5, 0.6) is 0 Å². The van der Waals surface area contributed by atoms with Gasteiger partial charge in [-0.05, 0) is 43.2 Å². The molecule has 23 heavy (non-hydrogen) atoms. The maximum atomic E-state index is 12.4. The van der Waals surface area contributed by atoms with Crippen LogP contribution in [-0.2, 0) is 9.59 Å². The number of nitrogens with zero attached hydrogens (tertiary/aromatic N) is 2. The van der Waals surface area contributed by atoms with Gasteiger partial charge >= 0.3 is 0 Å². The number of amides is 3. The molecule has 2 aliphatic heterocycles. The van der Waals surface area contributed by atoms with Crippen LogP contribution in [-0.4, -0.2) is 46.5 Å². The number of rotatable bonds is 3. The van der Waals surface area contributed by atoms with Crippen LogP contribution in [0.1, 0.15) is 24.0 Å². The second kappa shape index (κ2) is 6.58. The fraction of sp³-hybridized carbons (Fsp3) is 0.353. The number of carbonyl (C=O) groups excluding carboxylic acids is 3. The van der Waals surface area contributed by atoms with E-state index in [9.17, 15) is 14.4 Å². The second-order valence-electron chi connectivity index (χ2n) is 5.77. The van der Waals surface area contributed by atoms with Crippen molar-refractivity contribution in [3.05, 3.63) is 40.3 Å². The first-order valence-corrected chi connectivity index (χ1v) is 8.46. The van der Waals surface area contributed by atoms with Crippen molar-refractivity contribution in [1.29, 1.82) is 0 Å².